The van der Waals surface area contributed by atoms with Crippen molar-refractivity contribution in [2.24, 2.45) is 11.7 Å². The van der Waals surface area contributed by atoms with Gasteiger partial charge in [0, 0.05) is 19.6 Å². The standard InChI is InChI=1S/C18H29NO4/c1-5-15(11-12-21-4)17(14(3)22-18(20)13(2)19)23-16-9-7-6-8-10-16/h6-10,13-15,17H,5,11-12,19H2,1-4H3/t13-,14-,15-,17-/m0/s1. The highest BCUT2D eigenvalue weighted by Gasteiger charge is 2.31. The van der Waals surface area contributed by atoms with Crippen LogP contribution in [0.25, 0.3) is 0 Å². The molecule has 1 aromatic carbocycles. The Kier molecular flexibility index (Phi) is 8.66. The zero-order chi connectivity index (χ0) is 17.2. The number of nitrogens with two attached hydrogens (primary N) is 1. The van der Waals surface area contributed by atoms with E-state index in [1.54, 1.807) is 14.0 Å². The van der Waals surface area contributed by atoms with Crippen molar-refractivity contribution in [3.8, 4) is 5.75 Å². The molecule has 0 radical (unpaired) electrons. The number of carbonyl (C=O) groups excluding carboxylic acids is 1. The summed E-state index contributed by atoms with van der Waals surface area (Å²) in [5.74, 6) is 0.559. The summed E-state index contributed by atoms with van der Waals surface area (Å²) < 4.78 is 16.8. The van der Waals surface area contributed by atoms with Gasteiger partial charge in [-0.15, -0.1) is 0 Å². The number of hydrogen-bond acceptors (Lipinski definition) is 5. The minimum Gasteiger partial charge on any atom is -0.486 e. The fourth-order valence-electron chi connectivity index (χ4n) is 2.46. The van der Waals surface area contributed by atoms with Gasteiger partial charge in [-0.1, -0.05) is 25.1 Å². The smallest absolute Gasteiger partial charge is 0.323 e. The van der Waals surface area contributed by atoms with E-state index in [0.29, 0.717) is 6.61 Å². The van der Waals surface area contributed by atoms with E-state index in [1.807, 2.05) is 37.3 Å². The molecule has 0 fully saturated rings. The highest BCUT2D eigenvalue weighted by atomic mass is 16.6. The normalized spacial score (nSPS) is 16.2. The zero-order valence-corrected chi connectivity index (χ0v) is 14.5. The Morgan fingerprint density at radius 3 is 2.39 bits per heavy atom. The molecule has 0 aromatic heterocycles. The fourth-order valence-corrected chi connectivity index (χ4v) is 2.46. The third-order valence-electron chi connectivity index (χ3n) is 3.83. The van der Waals surface area contributed by atoms with Crippen LogP contribution in [0, 0.1) is 5.92 Å². The average molecular weight is 323 g/mol. The Hall–Kier alpha value is -1.59. The minimum atomic E-state index is -0.645. The number of rotatable bonds is 10. The summed E-state index contributed by atoms with van der Waals surface area (Å²) in [7, 11) is 1.68. The maximum absolute atomic E-state index is 11.8. The lowest BCUT2D eigenvalue weighted by molar-refractivity contribution is -0.155. The van der Waals surface area contributed by atoms with Crippen LogP contribution in [0.15, 0.2) is 30.3 Å². The number of para-hydroxylation sites is 1. The summed E-state index contributed by atoms with van der Waals surface area (Å²) in [5, 5.41) is 0. The molecule has 0 aliphatic carbocycles. The monoisotopic (exact) mass is 323 g/mol. The molecule has 0 saturated carbocycles. The lowest BCUT2D eigenvalue weighted by Gasteiger charge is -2.32. The van der Waals surface area contributed by atoms with Crippen LogP contribution in [0.5, 0.6) is 5.75 Å². The highest BCUT2D eigenvalue weighted by molar-refractivity contribution is 5.75. The molecule has 0 bridgehead atoms. The molecule has 0 heterocycles. The second-order valence-corrected chi connectivity index (χ2v) is 5.78. The second kappa shape index (κ2) is 10.2. The number of esters is 1. The van der Waals surface area contributed by atoms with Crippen LogP contribution in [-0.4, -0.2) is 37.9 Å². The number of hydrogen-bond donors (Lipinski definition) is 1. The van der Waals surface area contributed by atoms with Crippen LogP contribution < -0.4 is 10.5 Å². The largest absolute Gasteiger partial charge is 0.486 e. The van der Waals surface area contributed by atoms with Gasteiger partial charge >= 0.3 is 5.97 Å². The first-order chi connectivity index (χ1) is 11.0. The van der Waals surface area contributed by atoms with E-state index in [1.165, 1.54) is 0 Å². The summed E-state index contributed by atoms with van der Waals surface area (Å²) >= 11 is 0. The van der Waals surface area contributed by atoms with Gasteiger partial charge in [-0.3, -0.25) is 4.79 Å². The first-order valence-electron chi connectivity index (χ1n) is 8.16. The van der Waals surface area contributed by atoms with Gasteiger partial charge in [-0.2, -0.15) is 0 Å². The molecule has 1 aromatic rings. The van der Waals surface area contributed by atoms with E-state index in [-0.39, 0.29) is 12.0 Å². The molecule has 2 N–H and O–H groups in total. The van der Waals surface area contributed by atoms with Crippen LogP contribution in [0.3, 0.4) is 0 Å². The Bertz CT molecular complexity index is 450. The number of benzene rings is 1. The van der Waals surface area contributed by atoms with Crippen LogP contribution in [0.2, 0.25) is 0 Å². The van der Waals surface area contributed by atoms with Crippen molar-refractivity contribution < 1.29 is 19.0 Å². The summed E-state index contributed by atoms with van der Waals surface area (Å²) in [5.41, 5.74) is 5.59. The van der Waals surface area contributed by atoms with E-state index in [2.05, 4.69) is 6.92 Å². The zero-order valence-electron chi connectivity index (χ0n) is 14.5. The van der Waals surface area contributed by atoms with Crippen LogP contribution in [-0.2, 0) is 14.3 Å². The molecule has 1 rings (SSSR count). The van der Waals surface area contributed by atoms with Crippen molar-refractivity contribution in [3.05, 3.63) is 30.3 Å². The van der Waals surface area contributed by atoms with Gasteiger partial charge in [0.05, 0.1) is 0 Å². The van der Waals surface area contributed by atoms with E-state index < -0.39 is 18.1 Å². The molecule has 0 unspecified atom stereocenters. The number of carbonyl (C=O) groups is 1. The van der Waals surface area contributed by atoms with Gasteiger partial charge in [-0.25, -0.2) is 0 Å². The molecule has 4 atom stereocenters. The van der Waals surface area contributed by atoms with Crippen molar-refractivity contribution in [2.75, 3.05) is 13.7 Å². The molecular formula is C18H29NO4. The Morgan fingerprint density at radius 2 is 1.87 bits per heavy atom. The minimum absolute atomic E-state index is 0.214. The SMILES string of the molecule is CC[C@@H](CCOC)[C@@H](Oc1ccccc1)[C@H](C)OC(=O)[C@H](C)N. The molecular weight excluding hydrogens is 294 g/mol. The average Bonchev–Trinajstić information content (AvgIpc) is 2.55. The molecule has 0 spiro atoms. The van der Waals surface area contributed by atoms with Crippen LogP contribution in [0.1, 0.15) is 33.6 Å². The van der Waals surface area contributed by atoms with Gasteiger partial charge in [0.2, 0.25) is 0 Å². The summed E-state index contributed by atoms with van der Waals surface area (Å²) in [6.45, 7) is 6.20. The van der Waals surface area contributed by atoms with Gasteiger partial charge in [0.1, 0.15) is 24.0 Å². The summed E-state index contributed by atoms with van der Waals surface area (Å²) in [6, 6.07) is 8.92. The lowest BCUT2D eigenvalue weighted by atomic mass is 9.92. The van der Waals surface area contributed by atoms with E-state index in [0.717, 1.165) is 18.6 Å². The summed E-state index contributed by atoms with van der Waals surface area (Å²) in [4.78, 5) is 11.8. The number of methoxy groups -OCH3 is 1. The van der Waals surface area contributed by atoms with E-state index in [4.69, 9.17) is 19.9 Å². The third kappa shape index (κ3) is 6.59. The Morgan fingerprint density at radius 1 is 1.22 bits per heavy atom. The molecule has 0 amide bonds. The molecule has 0 aliphatic heterocycles. The van der Waals surface area contributed by atoms with E-state index in [9.17, 15) is 4.79 Å². The quantitative estimate of drug-likeness (QED) is 0.670. The van der Waals surface area contributed by atoms with Gasteiger partial charge < -0.3 is 19.9 Å². The Balaban J connectivity index is 2.87. The predicted octanol–water partition coefficient (Wildman–Crippen LogP) is 2.78. The van der Waals surface area contributed by atoms with Gasteiger partial charge in [0.15, 0.2) is 0 Å². The van der Waals surface area contributed by atoms with Crippen molar-refractivity contribution >= 4 is 5.97 Å². The molecule has 0 aliphatic rings. The summed E-state index contributed by atoms with van der Waals surface area (Å²) in [6.07, 6.45) is 1.10. The van der Waals surface area contributed by atoms with Crippen LogP contribution in [0.4, 0.5) is 0 Å². The van der Waals surface area contributed by atoms with Crippen molar-refractivity contribution in [2.45, 2.75) is 51.9 Å². The maximum atomic E-state index is 11.8. The van der Waals surface area contributed by atoms with Gasteiger partial charge in [-0.05, 0) is 38.8 Å². The predicted molar refractivity (Wildman–Crippen MR) is 90.3 cm³/mol. The number of ether oxygens (including phenoxy) is 3. The fraction of sp³-hybridized carbons (Fsp3) is 0.611. The first-order valence-corrected chi connectivity index (χ1v) is 8.16. The molecule has 0 saturated heterocycles. The van der Waals surface area contributed by atoms with Crippen molar-refractivity contribution in [1.82, 2.24) is 0 Å². The molecule has 23 heavy (non-hydrogen) atoms. The molecule has 5 nitrogen and oxygen atoms in total. The maximum Gasteiger partial charge on any atom is 0.323 e. The highest BCUT2D eigenvalue weighted by Crippen LogP contribution is 2.24. The van der Waals surface area contributed by atoms with Gasteiger partial charge in [0.25, 0.3) is 0 Å². The Labute approximate surface area is 139 Å². The molecule has 130 valence electrons. The second-order valence-electron chi connectivity index (χ2n) is 5.78. The van der Waals surface area contributed by atoms with Crippen molar-refractivity contribution in [1.29, 1.82) is 0 Å². The third-order valence-corrected chi connectivity index (χ3v) is 3.83. The van der Waals surface area contributed by atoms with Crippen molar-refractivity contribution in [3.63, 3.8) is 0 Å². The topological polar surface area (TPSA) is 70.8 Å². The van der Waals surface area contributed by atoms with E-state index >= 15 is 0 Å². The lowest BCUT2D eigenvalue weighted by Crippen LogP contribution is -2.42. The first kappa shape index (κ1) is 19.5. The molecule has 5 heteroatoms. The van der Waals surface area contributed by atoms with Crippen LogP contribution >= 0.6 is 0 Å².